The van der Waals surface area contributed by atoms with Crippen molar-refractivity contribution in [2.75, 3.05) is 13.1 Å². The van der Waals surface area contributed by atoms with E-state index >= 15 is 0 Å². The molecule has 0 spiro atoms. The van der Waals surface area contributed by atoms with Crippen LogP contribution in [-0.2, 0) is 13.5 Å². The molecule has 0 aromatic carbocycles. The molecule has 0 aliphatic heterocycles. The summed E-state index contributed by atoms with van der Waals surface area (Å²) in [6.07, 6.45) is 4.46. The van der Waals surface area contributed by atoms with Crippen molar-refractivity contribution in [2.24, 2.45) is 7.05 Å². The van der Waals surface area contributed by atoms with Crippen LogP contribution in [0, 0.1) is 0 Å². The lowest BCUT2D eigenvalue weighted by molar-refractivity contribution is 0.692. The number of hydrogen-bond donors (Lipinski definition) is 1. The molecule has 0 unspecified atom stereocenters. The molecule has 1 aromatic heterocycles. The van der Waals surface area contributed by atoms with Gasteiger partial charge >= 0.3 is 0 Å². The van der Waals surface area contributed by atoms with E-state index in [0.29, 0.717) is 0 Å². The second-order valence-electron chi connectivity index (χ2n) is 2.60. The van der Waals surface area contributed by atoms with Gasteiger partial charge in [0.1, 0.15) is 12.2 Å². The maximum absolute atomic E-state index is 3.96. The van der Waals surface area contributed by atoms with E-state index in [1.807, 2.05) is 17.7 Å². The van der Waals surface area contributed by atoms with Crippen LogP contribution in [0.3, 0.4) is 0 Å². The fraction of sp³-hybridized carbons (Fsp3) is 0.500. The van der Waals surface area contributed by atoms with E-state index < -0.39 is 0 Å². The van der Waals surface area contributed by atoms with Gasteiger partial charge < -0.3 is 9.88 Å². The van der Waals surface area contributed by atoms with Crippen LogP contribution in [0.15, 0.2) is 19.0 Å². The summed E-state index contributed by atoms with van der Waals surface area (Å²) in [5.41, 5.74) is 0. The van der Waals surface area contributed by atoms with Crippen molar-refractivity contribution in [3.8, 4) is 0 Å². The van der Waals surface area contributed by atoms with Crippen LogP contribution in [0.25, 0.3) is 0 Å². The Balaban J connectivity index is 2.24. The third kappa shape index (κ3) is 2.47. The fourth-order valence-corrected chi connectivity index (χ4v) is 0.938. The van der Waals surface area contributed by atoms with Crippen LogP contribution < -0.4 is 5.32 Å². The quantitative estimate of drug-likeness (QED) is 0.499. The monoisotopic (exact) mass is 166 g/mol. The van der Waals surface area contributed by atoms with E-state index in [-0.39, 0.29) is 0 Å². The van der Waals surface area contributed by atoms with Crippen molar-refractivity contribution in [1.82, 2.24) is 20.1 Å². The van der Waals surface area contributed by atoms with Gasteiger partial charge in [-0.25, -0.2) is 0 Å². The average molecular weight is 166 g/mol. The fourth-order valence-electron chi connectivity index (χ4n) is 0.938. The molecule has 0 radical (unpaired) electrons. The zero-order valence-electron chi connectivity index (χ0n) is 7.32. The second kappa shape index (κ2) is 4.66. The van der Waals surface area contributed by atoms with Crippen LogP contribution in [0.4, 0.5) is 0 Å². The Labute approximate surface area is 72.3 Å². The van der Waals surface area contributed by atoms with Crippen LogP contribution in [-0.4, -0.2) is 27.9 Å². The minimum atomic E-state index is 0.845. The number of aromatic nitrogens is 3. The van der Waals surface area contributed by atoms with Crippen LogP contribution in [0.5, 0.6) is 0 Å². The highest BCUT2D eigenvalue weighted by Gasteiger charge is 1.97. The van der Waals surface area contributed by atoms with Crippen molar-refractivity contribution in [3.05, 3.63) is 24.8 Å². The summed E-state index contributed by atoms with van der Waals surface area (Å²) in [5, 5.41) is 10.9. The highest BCUT2D eigenvalue weighted by Crippen LogP contribution is 1.90. The van der Waals surface area contributed by atoms with Crippen LogP contribution in [0.2, 0.25) is 0 Å². The Hall–Kier alpha value is -1.16. The van der Waals surface area contributed by atoms with Crippen molar-refractivity contribution >= 4 is 0 Å². The average Bonchev–Trinajstić information content (AvgIpc) is 2.46. The molecule has 0 fully saturated rings. The molecule has 4 heteroatoms. The number of hydrogen-bond acceptors (Lipinski definition) is 3. The maximum Gasteiger partial charge on any atom is 0.133 e. The molecule has 1 rings (SSSR count). The number of nitrogens with zero attached hydrogens (tertiary/aromatic N) is 3. The Morgan fingerprint density at radius 2 is 2.58 bits per heavy atom. The third-order valence-corrected chi connectivity index (χ3v) is 1.62. The highest BCUT2D eigenvalue weighted by molar-refractivity contribution is 4.85. The SMILES string of the molecule is C=CCNCCc1nncn1C. The van der Waals surface area contributed by atoms with E-state index in [1.165, 1.54) is 0 Å². The van der Waals surface area contributed by atoms with Crippen molar-refractivity contribution in [3.63, 3.8) is 0 Å². The van der Waals surface area contributed by atoms with Gasteiger partial charge in [0.05, 0.1) is 0 Å². The molecule has 0 amide bonds. The smallest absolute Gasteiger partial charge is 0.133 e. The van der Waals surface area contributed by atoms with Gasteiger partial charge in [-0.05, 0) is 0 Å². The molecule has 1 N–H and O–H groups in total. The number of rotatable bonds is 5. The molecule has 0 atom stereocenters. The lowest BCUT2D eigenvalue weighted by Gasteiger charge is -2.00. The summed E-state index contributed by atoms with van der Waals surface area (Å²) in [4.78, 5) is 0. The van der Waals surface area contributed by atoms with E-state index in [1.54, 1.807) is 6.33 Å². The van der Waals surface area contributed by atoms with Gasteiger partial charge in [0.25, 0.3) is 0 Å². The second-order valence-corrected chi connectivity index (χ2v) is 2.60. The molecule has 1 aromatic rings. The Morgan fingerprint density at radius 1 is 1.75 bits per heavy atom. The molecular weight excluding hydrogens is 152 g/mol. The molecule has 0 saturated carbocycles. The summed E-state index contributed by atoms with van der Waals surface area (Å²) >= 11 is 0. The topological polar surface area (TPSA) is 42.7 Å². The first-order chi connectivity index (χ1) is 5.84. The standard InChI is InChI=1S/C8H14N4/c1-3-5-9-6-4-8-11-10-7-12(8)2/h3,7,9H,1,4-6H2,2H3. The lowest BCUT2D eigenvalue weighted by atomic mass is 10.4. The minimum absolute atomic E-state index is 0.845. The van der Waals surface area contributed by atoms with Crippen molar-refractivity contribution in [2.45, 2.75) is 6.42 Å². The minimum Gasteiger partial charge on any atom is -0.321 e. The lowest BCUT2D eigenvalue weighted by Crippen LogP contribution is -2.18. The van der Waals surface area contributed by atoms with Gasteiger partial charge in [0, 0.05) is 26.6 Å². The summed E-state index contributed by atoms with van der Waals surface area (Å²) in [6.45, 7) is 5.38. The van der Waals surface area contributed by atoms with Gasteiger partial charge in [-0.1, -0.05) is 6.08 Å². The first kappa shape index (κ1) is 8.93. The molecule has 4 nitrogen and oxygen atoms in total. The van der Waals surface area contributed by atoms with Crippen molar-refractivity contribution < 1.29 is 0 Å². The first-order valence-corrected chi connectivity index (χ1v) is 3.99. The first-order valence-electron chi connectivity index (χ1n) is 3.99. The highest BCUT2D eigenvalue weighted by atomic mass is 15.2. The summed E-state index contributed by atoms with van der Waals surface area (Å²) < 4.78 is 1.93. The predicted molar refractivity (Wildman–Crippen MR) is 47.8 cm³/mol. The van der Waals surface area contributed by atoms with E-state index in [9.17, 15) is 0 Å². The summed E-state index contributed by atoms with van der Waals surface area (Å²) in [6, 6.07) is 0. The molecule has 12 heavy (non-hydrogen) atoms. The largest absolute Gasteiger partial charge is 0.321 e. The van der Waals surface area contributed by atoms with Gasteiger partial charge in [-0.3, -0.25) is 0 Å². The van der Waals surface area contributed by atoms with E-state index in [4.69, 9.17) is 0 Å². The molecular formula is C8H14N4. The van der Waals surface area contributed by atoms with Gasteiger partial charge in [-0.2, -0.15) is 0 Å². The third-order valence-electron chi connectivity index (χ3n) is 1.62. The van der Waals surface area contributed by atoms with Crippen molar-refractivity contribution in [1.29, 1.82) is 0 Å². The molecule has 66 valence electrons. The normalized spacial score (nSPS) is 10.1. The molecule has 1 heterocycles. The van der Waals surface area contributed by atoms with E-state index in [0.717, 1.165) is 25.3 Å². The molecule has 0 saturated heterocycles. The van der Waals surface area contributed by atoms with Gasteiger partial charge in [0.2, 0.25) is 0 Å². The summed E-state index contributed by atoms with van der Waals surface area (Å²) in [5.74, 6) is 1.01. The molecule has 0 aliphatic rings. The molecule has 0 aliphatic carbocycles. The van der Waals surface area contributed by atoms with Crippen LogP contribution in [0.1, 0.15) is 5.82 Å². The number of aryl methyl sites for hydroxylation is 1. The Morgan fingerprint density at radius 3 is 3.17 bits per heavy atom. The Bertz CT molecular complexity index is 241. The number of nitrogens with one attached hydrogen (secondary N) is 1. The van der Waals surface area contributed by atoms with E-state index in [2.05, 4.69) is 22.1 Å². The predicted octanol–water partition coefficient (Wildman–Crippen LogP) is 0.133. The van der Waals surface area contributed by atoms with Crippen LogP contribution >= 0.6 is 0 Å². The summed E-state index contributed by atoms with van der Waals surface area (Å²) in [7, 11) is 1.95. The van der Waals surface area contributed by atoms with Gasteiger partial charge in [0.15, 0.2) is 0 Å². The molecule has 0 bridgehead atoms. The zero-order valence-corrected chi connectivity index (χ0v) is 7.32. The maximum atomic E-state index is 3.96. The Kier molecular flexibility index (Phi) is 3.47. The van der Waals surface area contributed by atoms with Gasteiger partial charge in [-0.15, -0.1) is 16.8 Å². The zero-order chi connectivity index (χ0) is 8.81.